The van der Waals surface area contributed by atoms with E-state index in [4.69, 9.17) is 14.2 Å². The van der Waals surface area contributed by atoms with Crippen molar-refractivity contribution in [3.8, 4) is 0 Å². The van der Waals surface area contributed by atoms with Crippen LogP contribution in [0.2, 0.25) is 5.82 Å². The van der Waals surface area contributed by atoms with Gasteiger partial charge in [-0.3, -0.25) is 0 Å². The van der Waals surface area contributed by atoms with Crippen LogP contribution in [0.3, 0.4) is 0 Å². The zero-order chi connectivity index (χ0) is 9.03. The number of hydrogen-bond acceptors (Lipinski definition) is 3. The van der Waals surface area contributed by atoms with Crippen LogP contribution in [-0.4, -0.2) is 47.5 Å². The van der Waals surface area contributed by atoms with Gasteiger partial charge in [0.25, 0.3) is 0 Å². The van der Waals surface area contributed by atoms with E-state index in [1.807, 2.05) is 0 Å². The van der Waals surface area contributed by atoms with Gasteiger partial charge < -0.3 is 14.2 Å². The lowest BCUT2D eigenvalue weighted by Crippen LogP contribution is -2.46. The van der Waals surface area contributed by atoms with Crippen LogP contribution in [0.25, 0.3) is 0 Å². The SMILES string of the molecule is B[C@H]1COCC(COC)(OC)C1. The molecule has 0 aromatic rings. The van der Waals surface area contributed by atoms with Gasteiger partial charge in [-0.15, -0.1) is 0 Å². The monoisotopic (exact) mass is 172 g/mol. The van der Waals surface area contributed by atoms with Crippen molar-refractivity contribution in [1.82, 2.24) is 0 Å². The summed E-state index contributed by atoms with van der Waals surface area (Å²) < 4.78 is 16.0. The van der Waals surface area contributed by atoms with Crippen LogP contribution in [-0.2, 0) is 14.2 Å². The van der Waals surface area contributed by atoms with E-state index in [0.29, 0.717) is 19.0 Å². The van der Waals surface area contributed by atoms with E-state index >= 15 is 0 Å². The summed E-state index contributed by atoms with van der Waals surface area (Å²) in [5.74, 6) is 0.564. The molecular weight excluding hydrogens is 155 g/mol. The molecule has 1 saturated heterocycles. The van der Waals surface area contributed by atoms with Crippen LogP contribution < -0.4 is 0 Å². The van der Waals surface area contributed by atoms with Gasteiger partial charge in [0.2, 0.25) is 0 Å². The van der Waals surface area contributed by atoms with Crippen molar-refractivity contribution in [2.24, 2.45) is 0 Å². The van der Waals surface area contributed by atoms with Gasteiger partial charge in [0.15, 0.2) is 0 Å². The summed E-state index contributed by atoms with van der Waals surface area (Å²) in [5, 5.41) is 0. The van der Waals surface area contributed by atoms with Crippen LogP contribution in [0, 0.1) is 0 Å². The van der Waals surface area contributed by atoms with Crippen molar-refractivity contribution < 1.29 is 14.2 Å². The van der Waals surface area contributed by atoms with E-state index in [9.17, 15) is 0 Å². The van der Waals surface area contributed by atoms with Crippen LogP contribution in [0.15, 0.2) is 0 Å². The second-order valence-electron chi connectivity index (χ2n) is 3.64. The van der Waals surface area contributed by atoms with Crippen molar-refractivity contribution >= 4 is 7.85 Å². The lowest BCUT2D eigenvalue weighted by atomic mass is 9.77. The van der Waals surface area contributed by atoms with E-state index in [1.54, 1.807) is 14.2 Å². The van der Waals surface area contributed by atoms with Crippen molar-refractivity contribution in [2.45, 2.75) is 17.8 Å². The molecule has 1 aliphatic heterocycles. The number of rotatable bonds is 3. The second kappa shape index (κ2) is 4.26. The molecule has 0 aliphatic carbocycles. The molecule has 0 aromatic carbocycles. The summed E-state index contributed by atoms with van der Waals surface area (Å²) in [6.07, 6.45) is 1.03. The average molecular weight is 172 g/mol. The topological polar surface area (TPSA) is 27.7 Å². The molecule has 0 amide bonds. The molecule has 0 spiro atoms. The second-order valence-corrected chi connectivity index (χ2v) is 3.64. The van der Waals surface area contributed by atoms with E-state index < -0.39 is 0 Å². The molecule has 3 nitrogen and oxygen atoms in total. The summed E-state index contributed by atoms with van der Waals surface area (Å²) in [6.45, 7) is 2.12. The highest BCUT2D eigenvalue weighted by molar-refractivity contribution is 6.11. The molecule has 0 bridgehead atoms. The van der Waals surface area contributed by atoms with E-state index in [2.05, 4.69) is 7.85 Å². The predicted octanol–water partition coefficient (Wildman–Crippen LogP) is -0.140. The predicted molar refractivity (Wildman–Crippen MR) is 49.3 cm³/mol. The summed E-state index contributed by atoms with van der Waals surface area (Å²) >= 11 is 0. The minimum Gasteiger partial charge on any atom is -0.382 e. The third-order valence-electron chi connectivity index (χ3n) is 2.33. The fourth-order valence-electron chi connectivity index (χ4n) is 1.76. The zero-order valence-corrected chi connectivity index (χ0v) is 8.13. The Morgan fingerprint density at radius 3 is 2.83 bits per heavy atom. The Morgan fingerprint density at radius 2 is 2.33 bits per heavy atom. The highest BCUT2D eigenvalue weighted by atomic mass is 16.6. The standard InChI is InChI=1S/C8H17BO3/c1-10-5-8(11-2)3-7(9)4-12-6-8/h7H,3-6,9H2,1-2H3/t7-,8?/m1/s1. The minimum absolute atomic E-state index is 0.202. The maximum atomic E-state index is 5.44. The largest absolute Gasteiger partial charge is 0.382 e. The molecule has 4 heteroatoms. The molecule has 70 valence electrons. The Bertz CT molecular complexity index is 138. The van der Waals surface area contributed by atoms with Crippen molar-refractivity contribution in [3.05, 3.63) is 0 Å². The first kappa shape index (κ1) is 10.0. The van der Waals surface area contributed by atoms with Crippen LogP contribution >= 0.6 is 0 Å². The molecule has 0 N–H and O–H groups in total. The molecule has 0 saturated carbocycles. The fourth-order valence-corrected chi connectivity index (χ4v) is 1.76. The number of methoxy groups -OCH3 is 2. The van der Waals surface area contributed by atoms with Gasteiger partial charge in [0.1, 0.15) is 13.4 Å². The molecule has 1 unspecified atom stereocenters. The first-order valence-corrected chi connectivity index (χ1v) is 4.34. The molecule has 1 aliphatic rings. The zero-order valence-electron chi connectivity index (χ0n) is 8.13. The summed E-state index contributed by atoms with van der Waals surface area (Å²) in [5.41, 5.74) is -0.202. The molecule has 1 heterocycles. The lowest BCUT2D eigenvalue weighted by Gasteiger charge is -2.38. The molecule has 0 radical (unpaired) electrons. The lowest BCUT2D eigenvalue weighted by molar-refractivity contribution is -0.138. The first-order chi connectivity index (χ1) is 5.72. The summed E-state index contributed by atoms with van der Waals surface area (Å²) in [7, 11) is 5.59. The smallest absolute Gasteiger partial charge is 0.114 e. The first-order valence-electron chi connectivity index (χ1n) is 4.34. The number of hydrogen-bond donors (Lipinski definition) is 0. The van der Waals surface area contributed by atoms with Crippen LogP contribution in [0.4, 0.5) is 0 Å². The Morgan fingerprint density at radius 1 is 1.58 bits per heavy atom. The Kier molecular flexibility index (Phi) is 3.56. The molecule has 1 rings (SSSR count). The molecule has 1 fully saturated rings. The van der Waals surface area contributed by atoms with Gasteiger partial charge >= 0.3 is 0 Å². The molecule has 12 heavy (non-hydrogen) atoms. The van der Waals surface area contributed by atoms with Crippen LogP contribution in [0.1, 0.15) is 6.42 Å². The van der Waals surface area contributed by atoms with Gasteiger partial charge in [-0.1, -0.05) is 0 Å². The van der Waals surface area contributed by atoms with E-state index in [0.717, 1.165) is 13.0 Å². The van der Waals surface area contributed by atoms with Crippen LogP contribution in [0.5, 0.6) is 0 Å². The maximum absolute atomic E-state index is 5.44. The minimum atomic E-state index is -0.202. The Labute approximate surface area is 74.8 Å². The highest BCUT2D eigenvalue weighted by Crippen LogP contribution is 2.28. The number of ether oxygens (including phenoxy) is 3. The Balaban J connectivity index is 2.51. The normalized spacial score (nSPS) is 36.7. The van der Waals surface area contributed by atoms with Gasteiger partial charge in [0.05, 0.1) is 13.2 Å². The summed E-state index contributed by atoms with van der Waals surface area (Å²) in [4.78, 5) is 0. The third kappa shape index (κ3) is 2.22. The summed E-state index contributed by atoms with van der Waals surface area (Å²) in [6, 6.07) is 0. The maximum Gasteiger partial charge on any atom is 0.114 e. The average Bonchev–Trinajstić information content (AvgIpc) is 2.05. The highest BCUT2D eigenvalue weighted by Gasteiger charge is 2.35. The van der Waals surface area contributed by atoms with E-state index in [-0.39, 0.29) is 5.60 Å². The quantitative estimate of drug-likeness (QED) is 0.554. The molecular formula is C8H17BO3. The molecule has 2 atom stereocenters. The molecule has 0 aromatic heterocycles. The van der Waals surface area contributed by atoms with Crippen molar-refractivity contribution in [3.63, 3.8) is 0 Å². The van der Waals surface area contributed by atoms with Crippen molar-refractivity contribution in [2.75, 3.05) is 34.0 Å². The fraction of sp³-hybridized carbons (Fsp3) is 1.00. The van der Waals surface area contributed by atoms with Crippen molar-refractivity contribution in [1.29, 1.82) is 0 Å². The van der Waals surface area contributed by atoms with Gasteiger partial charge in [-0.25, -0.2) is 0 Å². The Hall–Kier alpha value is -0.0551. The van der Waals surface area contributed by atoms with Gasteiger partial charge in [0, 0.05) is 20.8 Å². The van der Waals surface area contributed by atoms with Gasteiger partial charge in [-0.2, -0.15) is 0 Å². The van der Waals surface area contributed by atoms with Gasteiger partial charge in [-0.05, 0) is 12.2 Å². The van der Waals surface area contributed by atoms with E-state index in [1.165, 1.54) is 0 Å². The third-order valence-corrected chi connectivity index (χ3v) is 2.33.